The Morgan fingerprint density at radius 3 is 2.13 bits per heavy atom. The predicted molar refractivity (Wildman–Crippen MR) is 120 cm³/mol. The molecule has 5 nitrogen and oxygen atoms in total. The van der Waals surface area contributed by atoms with E-state index in [9.17, 15) is 9.50 Å². The molecule has 1 fully saturated rings. The second kappa shape index (κ2) is 8.40. The van der Waals surface area contributed by atoms with E-state index >= 15 is 0 Å². The minimum absolute atomic E-state index is 0.191. The Morgan fingerprint density at radius 1 is 0.806 bits per heavy atom. The molecule has 31 heavy (non-hydrogen) atoms. The van der Waals surface area contributed by atoms with Gasteiger partial charge in [0.15, 0.2) is 0 Å². The molecule has 0 unspecified atom stereocenters. The smallest absolute Gasteiger partial charge is 0.126 e. The van der Waals surface area contributed by atoms with Crippen LogP contribution in [0.15, 0.2) is 66.9 Å². The first-order chi connectivity index (χ1) is 15.2. The molecule has 0 bridgehead atoms. The zero-order valence-electron chi connectivity index (χ0n) is 17.0. The quantitative estimate of drug-likeness (QED) is 0.479. The molecule has 2 N–H and O–H groups in total. The van der Waals surface area contributed by atoms with Crippen LogP contribution in [-0.2, 0) is 0 Å². The lowest BCUT2D eigenvalue weighted by Gasteiger charge is -2.26. The monoisotopic (exact) mass is 414 g/mol. The predicted octanol–water partition coefficient (Wildman–Crippen LogP) is 5.21. The molecular weight excluding hydrogens is 391 g/mol. The van der Waals surface area contributed by atoms with Crippen molar-refractivity contribution in [2.45, 2.75) is 37.8 Å². The van der Waals surface area contributed by atoms with Gasteiger partial charge in [0, 0.05) is 23.4 Å². The first-order valence-corrected chi connectivity index (χ1v) is 10.6. The number of nitrogens with one attached hydrogen (secondary N) is 1. The van der Waals surface area contributed by atoms with Gasteiger partial charge in [-0.05, 0) is 74.2 Å². The number of fused-ring (bicyclic) bond motifs is 1. The Kier molecular flexibility index (Phi) is 5.30. The van der Waals surface area contributed by atoms with Crippen molar-refractivity contribution in [3.63, 3.8) is 0 Å². The summed E-state index contributed by atoms with van der Waals surface area (Å²) in [7, 11) is 0. The van der Waals surface area contributed by atoms with Crippen LogP contribution in [0, 0.1) is 5.82 Å². The number of anilines is 1. The minimum Gasteiger partial charge on any atom is -0.393 e. The van der Waals surface area contributed by atoms with Gasteiger partial charge in [-0.3, -0.25) is 0 Å². The number of aromatic nitrogens is 3. The number of benzene rings is 2. The van der Waals surface area contributed by atoms with Crippen LogP contribution in [0.3, 0.4) is 0 Å². The Balaban J connectivity index is 1.56. The highest BCUT2D eigenvalue weighted by atomic mass is 19.1. The fraction of sp³-hybridized carbons (Fsp3) is 0.240. The second-order valence-corrected chi connectivity index (χ2v) is 8.00. The summed E-state index contributed by atoms with van der Waals surface area (Å²) in [6.45, 7) is 0. The zero-order valence-corrected chi connectivity index (χ0v) is 17.0. The molecule has 0 radical (unpaired) electrons. The molecule has 156 valence electrons. The van der Waals surface area contributed by atoms with Crippen molar-refractivity contribution in [2.75, 3.05) is 5.32 Å². The van der Waals surface area contributed by atoms with Gasteiger partial charge < -0.3 is 10.4 Å². The van der Waals surface area contributed by atoms with E-state index in [1.807, 2.05) is 36.4 Å². The standard InChI is InChI=1S/C25H23FN4O/c26-18-7-5-16(6-8-18)24-25(30-22-4-2-1-3-21(22)29-24)17-13-14-27-23(15-17)28-19-9-11-20(31)12-10-19/h1-8,13-15,19-20,31H,9-12H2,(H,27,28). The van der Waals surface area contributed by atoms with Gasteiger partial charge >= 0.3 is 0 Å². The number of halogens is 1. The van der Waals surface area contributed by atoms with E-state index in [1.54, 1.807) is 18.3 Å². The number of nitrogens with zero attached hydrogens (tertiary/aromatic N) is 3. The van der Waals surface area contributed by atoms with Crippen LogP contribution >= 0.6 is 0 Å². The maximum absolute atomic E-state index is 13.5. The molecule has 2 heterocycles. The number of pyridine rings is 1. The molecule has 1 aliphatic rings. The maximum Gasteiger partial charge on any atom is 0.126 e. The highest BCUT2D eigenvalue weighted by Gasteiger charge is 2.20. The summed E-state index contributed by atoms with van der Waals surface area (Å²) in [6, 6.07) is 18.3. The topological polar surface area (TPSA) is 70.9 Å². The minimum atomic E-state index is -0.285. The molecule has 0 atom stereocenters. The molecule has 2 aromatic heterocycles. The molecule has 1 saturated carbocycles. The van der Waals surface area contributed by atoms with Gasteiger partial charge in [-0.25, -0.2) is 19.3 Å². The van der Waals surface area contributed by atoms with Crippen LogP contribution in [-0.4, -0.2) is 32.2 Å². The van der Waals surface area contributed by atoms with Crippen molar-refractivity contribution in [2.24, 2.45) is 0 Å². The lowest BCUT2D eigenvalue weighted by atomic mass is 9.93. The zero-order chi connectivity index (χ0) is 21.2. The molecule has 0 aliphatic heterocycles. The van der Waals surface area contributed by atoms with Gasteiger partial charge in [-0.2, -0.15) is 0 Å². The molecule has 4 aromatic rings. The van der Waals surface area contributed by atoms with Gasteiger partial charge in [0.05, 0.1) is 28.5 Å². The van der Waals surface area contributed by atoms with Gasteiger partial charge in [-0.1, -0.05) is 12.1 Å². The van der Waals surface area contributed by atoms with E-state index in [4.69, 9.17) is 9.97 Å². The normalized spacial score (nSPS) is 18.8. The molecule has 1 aliphatic carbocycles. The molecule has 0 amide bonds. The van der Waals surface area contributed by atoms with Crippen LogP contribution in [0.2, 0.25) is 0 Å². The van der Waals surface area contributed by atoms with Gasteiger partial charge in [0.1, 0.15) is 11.6 Å². The van der Waals surface area contributed by atoms with E-state index in [1.165, 1.54) is 12.1 Å². The molecule has 0 spiro atoms. The first-order valence-electron chi connectivity index (χ1n) is 10.6. The maximum atomic E-state index is 13.5. The summed E-state index contributed by atoms with van der Waals surface area (Å²) in [5.74, 6) is 0.492. The van der Waals surface area contributed by atoms with Crippen LogP contribution in [0.1, 0.15) is 25.7 Å². The first kappa shape index (κ1) is 19.6. The Bertz CT molecular complexity index is 1200. The fourth-order valence-electron chi connectivity index (χ4n) is 4.10. The Labute approximate surface area is 180 Å². The number of rotatable bonds is 4. The van der Waals surface area contributed by atoms with E-state index in [-0.39, 0.29) is 11.9 Å². The summed E-state index contributed by atoms with van der Waals surface area (Å²) >= 11 is 0. The lowest BCUT2D eigenvalue weighted by Crippen LogP contribution is -2.28. The van der Waals surface area contributed by atoms with Crippen LogP contribution in [0.5, 0.6) is 0 Å². The average molecular weight is 414 g/mol. The average Bonchev–Trinajstić information content (AvgIpc) is 2.80. The summed E-state index contributed by atoms with van der Waals surface area (Å²) in [4.78, 5) is 14.2. The van der Waals surface area contributed by atoms with E-state index in [2.05, 4.69) is 10.3 Å². The van der Waals surface area contributed by atoms with Crippen molar-refractivity contribution in [1.82, 2.24) is 15.0 Å². The molecule has 6 heteroatoms. The van der Waals surface area contributed by atoms with Gasteiger partial charge in [0.2, 0.25) is 0 Å². The molecule has 0 saturated heterocycles. The summed E-state index contributed by atoms with van der Waals surface area (Å²) in [5.41, 5.74) is 4.73. The summed E-state index contributed by atoms with van der Waals surface area (Å²) < 4.78 is 13.5. The van der Waals surface area contributed by atoms with Crippen LogP contribution in [0.25, 0.3) is 33.5 Å². The Hall–Kier alpha value is -3.38. The van der Waals surface area contributed by atoms with Gasteiger partial charge in [-0.15, -0.1) is 0 Å². The SMILES string of the molecule is OC1CCC(Nc2cc(-c3nc4ccccc4nc3-c3ccc(F)cc3)ccn2)CC1. The Morgan fingerprint density at radius 2 is 1.45 bits per heavy atom. The summed E-state index contributed by atoms with van der Waals surface area (Å²) in [6.07, 6.45) is 5.03. The van der Waals surface area contributed by atoms with Crippen molar-refractivity contribution in [3.8, 4) is 22.5 Å². The third-order valence-corrected chi connectivity index (χ3v) is 5.77. The van der Waals surface area contributed by atoms with Crippen LogP contribution < -0.4 is 5.32 Å². The van der Waals surface area contributed by atoms with Crippen molar-refractivity contribution in [3.05, 3.63) is 72.7 Å². The van der Waals surface area contributed by atoms with Crippen molar-refractivity contribution < 1.29 is 9.50 Å². The fourth-order valence-corrected chi connectivity index (χ4v) is 4.10. The van der Waals surface area contributed by atoms with E-state index in [0.717, 1.165) is 59.4 Å². The lowest BCUT2D eigenvalue weighted by molar-refractivity contribution is 0.126. The third kappa shape index (κ3) is 4.25. The highest BCUT2D eigenvalue weighted by Crippen LogP contribution is 2.32. The van der Waals surface area contributed by atoms with E-state index in [0.29, 0.717) is 11.7 Å². The molecular formula is C25H23FN4O. The third-order valence-electron chi connectivity index (χ3n) is 5.77. The number of aliphatic hydroxyl groups excluding tert-OH is 1. The number of hydrogen-bond donors (Lipinski definition) is 2. The van der Waals surface area contributed by atoms with Crippen LogP contribution in [0.4, 0.5) is 10.2 Å². The number of hydrogen-bond acceptors (Lipinski definition) is 5. The number of aliphatic hydroxyl groups is 1. The summed E-state index contributed by atoms with van der Waals surface area (Å²) in [5, 5.41) is 13.2. The largest absolute Gasteiger partial charge is 0.393 e. The molecule has 2 aromatic carbocycles. The van der Waals surface area contributed by atoms with Gasteiger partial charge in [0.25, 0.3) is 0 Å². The highest BCUT2D eigenvalue weighted by molar-refractivity contribution is 5.86. The van der Waals surface area contributed by atoms with E-state index < -0.39 is 0 Å². The van der Waals surface area contributed by atoms with Crippen molar-refractivity contribution >= 4 is 16.9 Å². The molecule has 5 rings (SSSR count). The number of para-hydroxylation sites is 2. The second-order valence-electron chi connectivity index (χ2n) is 8.00. The van der Waals surface area contributed by atoms with Crippen molar-refractivity contribution in [1.29, 1.82) is 0 Å².